The third-order valence-electron chi connectivity index (χ3n) is 5.47. The molecule has 4 nitrogen and oxygen atoms in total. The van der Waals surface area contributed by atoms with E-state index >= 15 is 0 Å². The first-order chi connectivity index (χ1) is 13.9. The third-order valence-corrected chi connectivity index (χ3v) is 7.71. The SMILES string of the molecule is CC(C)(C)C[SiH2]Oc1ccc(-c2noc(C3(C=O)CC3)c2-c2ccccc2)cc1. The number of aldehydes is 1. The molecule has 1 fully saturated rings. The summed E-state index contributed by atoms with van der Waals surface area (Å²) in [6.45, 7) is 6.73. The molecule has 29 heavy (non-hydrogen) atoms. The van der Waals surface area contributed by atoms with Crippen LogP contribution in [-0.4, -0.2) is 21.2 Å². The zero-order valence-corrected chi connectivity index (χ0v) is 18.7. The summed E-state index contributed by atoms with van der Waals surface area (Å²) >= 11 is 0. The molecule has 5 heteroatoms. The van der Waals surface area contributed by atoms with Crippen molar-refractivity contribution in [2.24, 2.45) is 5.41 Å². The van der Waals surface area contributed by atoms with Gasteiger partial charge in [-0.05, 0) is 54.1 Å². The molecular formula is C24H27NO3Si. The summed E-state index contributed by atoms with van der Waals surface area (Å²) in [5.41, 5.74) is 3.47. The van der Waals surface area contributed by atoms with Crippen molar-refractivity contribution in [3.8, 4) is 28.1 Å². The number of hydrogen-bond acceptors (Lipinski definition) is 4. The third kappa shape index (κ3) is 4.20. The van der Waals surface area contributed by atoms with Crippen molar-refractivity contribution in [1.29, 1.82) is 0 Å². The van der Waals surface area contributed by atoms with Gasteiger partial charge in [-0.2, -0.15) is 0 Å². The number of hydrogen-bond donors (Lipinski definition) is 0. The van der Waals surface area contributed by atoms with Gasteiger partial charge in [0.05, 0.1) is 11.0 Å². The van der Waals surface area contributed by atoms with Crippen LogP contribution in [0.15, 0.2) is 59.1 Å². The maximum Gasteiger partial charge on any atom is 0.220 e. The van der Waals surface area contributed by atoms with Gasteiger partial charge in [-0.25, -0.2) is 0 Å². The summed E-state index contributed by atoms with van der Waals surface area (Å²) in [6, 6.07) is 19.2. The second kappa shape index (κ2) is 7.63. The molecule has 1 aromatic heterocycles. The Balaban J connectivity index is 1.64. The van der Waals surface area contributed by atoms with Crippen molar-refractivity contribution in [2.45, 2.75) is 45.1 Å². The van der Waals surface area contributed by atoms with E-state index in [1.807, 2.05) is 54.6 Å². The van der Waals surface area contributed by atoms with Crippen LogP contribution < -0.4 is 4.43 Å². The molecular weight excluding hydrogens is 378 g/mol. The molecule has 0 spiro atoms. The van der Waals surface area contributed by atoms with Gasteiger partial charge in [-0.1, -0.05) is 56.3 Å². The van der Waals surface area contributed by atoms with Crippen LogP contribution in [-0.2, 0) is 10.2 Å². The average molecular weight is 406 g/mol. The van der Waals surface area contributed by atoms with Gasteiger partial charge < -0.3 is 13.7 Å². The van der Waals surface area contributed by atoms with Crippen LogP contribution in [0.3, 0.4) is 0 Å². The molecule has 0 unspecified atom stereocenters. The van der Waals surface area contributed by atoms with Crippen LogP contribution in [0, 0.1) is 5.41 Å². The first kappa shape index (κ1) is 19.6. The monoisotopic (exact) mass is 405 g/mol. The Kier molecular flexibility index (Phi) is 5.17. The van der Waals surface area contributed by atoms with Crippen LogP contribution in [0.2, 0.25) is 6.04 Å². The molecule has 0 amide bonds. The Morgan fingerprint density at radius 3 is 2.34 bits per heavy atom. The van der Waals surface area contributed by atoms with Crippen molar-refractivity contribution >= 4 is 16.0 Å². The predicted molar refractivity (Wildman–Crippen MR) is 118 cm³/mol. The fraction of sp³-hybridized carbons (Fsp3) is 0.333. The van der Waals surface area contributed by atoms with Crippen molar-refractivity contribution in [3.05, 3.63) is 60.4 Å². The van der Waals surface area contributed by atoms with E-state index in [4.69, 9.17) is 8.95 Å². The van der Waals surface area contributed by atoms with Crippen molar-refractivity contribution in [2.75, 3.05) is 0 Å². The molecule has 0 saturated heterocycles. The Labute approximate surface area is 174 Å². The lowest BCUT2D eigenvalue weighted by molar-refractivity contribution is -0.110. The zero-order chi connectivity index (χ0) is 20.5. The predicted octanol–water partition coefficient (Wildman–Crippen LogP) is 5.17. The number of carbonyl (C=O) groups excluding carboxylic acids is 1. The average Bonchev–Trinajstić information content (AvgIpc) is 3.39. The molecule has 1 saturated carbocycles. The van der Waals surface area contributed by atoms with Gasteiger partial charge >= 0.3 is 0 Å². The minimum atomic E-state index is -0.598. The highest BCUT2D eigenvalue weighted by Crippen LogP contribution is 2.51. The Hall–Kier alpha value is -2.66. The summed E-state index contributed by atoms with van der Waals surface area (Å²) < 4.78 is 11.8. The summed E-state index contributed by atoms with van der Waals surface area (Å²) in [4.78, 5) is 11.7. The molecule has 0 aliphatic heterocycles. The van der Waals surface area contributed by atoms with Crippen LogP contribution in [0.1, 0.15) is 39.4 Å². The fourth-order valence-corrected chi connectivity index (χ4v) is 4.56. The maximum atomic E-state index is 11.7. The summed E-state index contributed by atoms with van der Waals surface area (Å²) in [7, 11) is -0.598. The Morgan fingerprint density at radius 1 is 1.07 bits per heavy atom. The number of rotatable bonds is 7. The van der Waals surface area contributed by atoms with Gasteiger partial charge in [0.25, 0.3) is 0 Å². The van der Waals surface area contributed by atoms with Gasteiger partial charge in [0.15, 0.2) is 5.76 Å². The van der Waals surface area contributed by atoms with E-state index in [0.29, 0.717) is 11.2 Å². The van der Waals surface area contributed by atoms with Gasteiger partial charge in [0.1, 0.15) is 17.7 Å². The largest absolute Gasteiger partial charge is 0.549 e. The lowest BCUT2D eigenvalue weighted by Crippen LogP contribution is -2.13. The summed E-state index contributed by atoms with van der Waals surface area (Å²) in [5.74, 6) is 1.59. The quantitative estimate of drug-likeness (QED) is 0.402. The van der Waals surface area contributed by atoms with E-state index in [1.165, 1.54) is 0 Å². The van der Waals surface area contributed by atoms with E-state index in [1.54, 1.807) is 0 Å². The Bertz CT molecular complexity index is 983. The fourth-order valence-electron chi connectivity index (χ4n) is 3.42. The topological polar surface area (TPSA) is 52.3 Å². The van der Waals surface area contributed by atoms with Gasteiger partial charge in [-0.15, -0.1) is 0 Å². The number of nitrogens with zero attached hydrogens (tertiary/aromatic N) is 1. The highest BCUT2D eigenvalue weighted by Gasteiger charge is 2.50. The highest BCUT2D eigenvalue weighted by molar-refractivity contribution is 6.28. The molecule has 2 aromatic carbocycles. The van der Waals surface area contributed by atoms with E-state index < -0.39 is 15.2 Å². The van der Waals surface area contributed by atoms with Gasteiger partial charge in [0.2, 0.25) is 9.76 Å². The van der Waals surface area contributed by atoms with Crippen molar-refractivity contribution < 1.29 is 13.7 Å². The van der Waals surface area contributed by atoms with E-state index in [9.17, 15) is 4.79 Å². The lowest BCUT2D eigenvalue weighted by Gasteiger charge is -2.17. The van der Waals surface area contributed by atoms with Crippen LogP contribution >= 0.6 is 0 Å². The van der Waals surface area contributed by atoms with Crippen molar-refractivity contribution in [1.82, 2.24) is 5.16 Å². The maximum absolute atomic E-state index is 11.7. The van der Waals surface area contributed by atoms with E-state index in [0.717, 1.165) is 53.3 Å². The second-order valence-electron chi connectivity index (χ2n) is 9.06. The molecule has 1 aliphatic rings. The number of benzene rings is 2. The second-order valence-corrected chi connectivity index (χ2v) is 10.3. The highest BCUT2D eigenvalue weighted by atomic mass is 28.2. The van der Waals surface area contributed by atoms with E-state index in [-0.39, 0.29) is 0 Å². The zero-order valence-electron chi connectivity index (χ0n) is 17.3. The standard InChI is InChI=1S/C24H27NO3Si/c1-23(2,3)16-29-28-19-11-9-18(10-12-19)21-20(17-7-5-4-6-8-17)22(27-25-21)24(15-26)13-14-24/h4-12,15H,13-14,16,29H2,1-3H3. The molecule has 0 bridgehead atoms. The van der Waals surface area contributed by atoms with Gasteiger partial charge in [0, 0.05) is 5.56 Å². The minimum absolute atomic E-state index is 0.311. The van der Waals surface area contributed by atoms with Crippen LogP contribution in [0.25, 0.3) is 22.4 Å². The number of aromatic nitrogens is 1. The first-order valence-corrected chi connectivity index (χ1v) is 11.7. The molecule has 150 valence electrons. The summed E-state index contributed by atoms with van der Waals surface area (Å²) in [6.07, 6.45) is 2.65. The summed E-state index contributed by atoms with van der Waals surface area (Å²) in [5, 5.41) is 4.38. The van der Waals surface area contributed by atoms with Gasteiger partial charge in [-0.3, -0.25) is 0 Å². The molecule has 1 aliphatic carbocycles. The lowest BCUT2D eigenvalue weighted by atomic mass is 9.93. The minimum Gasteiger partial charge on any atom is -0.549 e. The molecule has 1 heterocycles. The smallest absolute Gasteiger partial charge is 0.220 e. The van der Waals surface area contributed by atoms with Crippen molar-refractivity contribution in [3.63, 3.8) is 0 Å². The normalized spacial score (nSPS) is 15.6. The van der Waals surface area contributed by atoms with E-state index in [2.05, 4.69) is 25.9 Å². The Morgan fingerprint density at radius 2 is 1.76 bits per heavy atom. The van der Waals surface area contributed by atoms with Crippen LogP contribution in [0.5, 0.6) is 5.75 Å². The molecule has 0 atom stereocenters. The first-order valence-electron chi connectivity index (χ1n) is 10.2. The molecule has 0 N–H and O–H groups in total. The molecule has 3 aromatic rings. The number of carbonyl (C=O) groups is 1. The molecule has 0 radical (unpaired) electrons. The molecule has 4 rings (SSSR count). The van der Waals surface area contributed by atoms with Crippen LogP contribution in [0.4, 0.5) is 0 Å².